The molecule has 0 heterocycles. The van der Waals surface area contributed by atoms with E-state index in [1.54, 1.807) is 0 Å². The van der Waals surface area contributed by atoms with Crippen LogP contribution in [0.3, 0.4) is 0 Å². The molecule has 0 aromatic heterocycles. The van der Waals surface area contributed by atoms with Gasteiger partial charge in [0.15, 0.2) is 0 Å². The molecule has 0 radical (unpaired) electrons. The Labute approximate surface area is 155 Å². The standard InChI is InChI=1S/C16H24F4O6S/c1-12(13(21)26-14(2)7-3-4-8-14)11-25-10-6-5-9-15(17,18)16(19,20)27(22,23)24/h1,3-11H2,2H3,(H,22,23,24). The summed E-state index contributed by atoms with van der Waals surface area (Å²) in [6, 6.07) is 0. The fourth-order valence-corrected chi connectivity index (χ4v) is 3.14. The molecule has 1 saturated carbocycles. The van der Waals surface area contributed by atoms with E-state index in [0.29, 0.717) is 0 Å². The van der Waals surface area contributed by atoms with Crippen LogP contribution in [0.1, 0.15) is 51.9 Å². The summed E-state index contributed by atoms with van der Waals surface area (Å²) >= 11 is 0. The molecular formula is C16H24F4O6S. The van der Waals surface area contributed by atoms with Gasteiger partial charge in [0, 0.05) is 13.0 Å². The fourth-order valence-electron chi connectivity index (χ4n) is 2.66. The molecule has 0 saturated heterocycles. The number of carbonyl (C=O) groups excluding carboxylic acids is 1. The van der Waals surface area contributed by atoms with Crippen molar-refractivity contribution >= 4 is 16.1 Å². The molecule has 1 aliphatic rings. The van der Waals surface area contributed by atoms with Gasteiger partial charge in [-0.1, -0.05) is 6.58 Å². The Kier molecular flexibility index (Phi) is 7.83. The maximum Gasteiger partial charge on any atom is 0.431 e. The smallest absolute Gasteiger partial charge is 0.431 e. The maximum absolute atomic E-state index is 13.3. The summed E-state index contributed by atoms with van der Waals surface area (Å²) in [5.74, 6) is -5.52. The zero-order valence-corrected chi connectivity index (χ0v) is 15.8. The number of halogens is 4. The van der Waals surface area contributed by atoms with Gasteiger partial charge in [-0.15, -0.1) is 0 Å². The lowest BCUT2D eigenvalue weighted by molar-refractivity contribution is -0.165. The van der Waals surface area contributed by atoms with Crippen LogP contribution in [0.4, 0.5) is 17.6 Å². The molecule has 158 valence electrons. The number of carbonyl (C=O) groups is 1. The van der Waals surface area contributed by atoms with Crippen molar-refractivity contribution in [3.8, 4) is 0 Å². The molecular weight excluding hydrogens is 396 g/mol. The van der Waals surface area contributed by atoms with Crippen LogP contribution in [0.2, 0.25) is 0 Å². The van der Waals surface area contributed by atoms with Crippen LogP contribution in [0.5, 0.6) is 0 Å². The predicted octanol–water partition coefficient (Wildman–Crippen LogP) is 3.72. The largest absolute Gasteiger partial charge is 0.456 e. The lowest BCUT2D eigenvalue weighted by Gasteiger charge is -2.24. The molecule has 1 rings (SSSR count). The average molecular weight is 420 g/mol. The summed E-state index contributed by atoms with van der Waals surface area (Å²) in [5.41, 5.74) is -0.476. The van der Waals surface area contributed by atoms with Gasteiger partial charge in [0.05, 0.1) is 12.2 Å². The molecule has 6 nitrogen and oxygen atoms in total. The van der Waals surface area contributed by atoms with Crippen LogP contribution in [0.25, 0.3) is 0 Å². The van der Waals surface area contributed by atoms with Crippen molar-refractivity contribution in [2.75, 3.05) is 13.2 Å². The zero-order valence-electron chi connectivity index (χ0n) is 15.0. The van der Waals surface area contributed by atoms with Crippen LogP contribution in [0, 0.1) is 0 Å². The molecule has 1 N–H and O–H groups in total. The minimum absolute atomic E-state index is 0.0476. The second-order valence-electron chi connectivity index (χ2n) is 6.86. The Balaban J connectivity index is 2.28. The van der Waals surface area contributed by atoms with Crippen LogP contribution >= 0.6 is 0 Å². The Bertz CT molecular complexity index is 641. The monoisotopic (exact) mass is 420 g/mol. The van der Waals surface area contributed by atoms with Crippen molar-refractivity contribution in [3.05, 3.63) is 12.2 Å². The van der Waals surface area contributed by atoms with E-state index in [9.17, 15) is 30.8 Å². The first kappa shape index (κ1) is 23.8. The summed E-state index contributed by atoms with van der Waals surface area (Å²) in [7, 11) is -6.22. The lowest BCUT2D eigenvalue weighted by Crippen LogP contribution is -2.46. The van der Waals surface area contributed by atoms with E-state index in [2.05, 4.69) is 6.58 Å². The average Bonchev–Trinajstić information content (AvgIpc) is 2.95. The van der Waals surface area contributed by atoms with Gasteiger partial charge in [0.2, 0.25) is 0 Å². The molecule has 0 bridgehead atoms. The predicted molar refractivity (Wildman–Crippen MR) is 88.2 cm³/mol. The van der Waals surface area contributed by atoms with Crippen molar-refractivity contribution in [2.45, 2.75) is 68.6 Å². The highest BCUT2D eigenvalue weighted by Gasteiger charge is 2.64. The molecule has 0 unspecified atom stereocenters. The number of alkyl halides is 4. The number of unbranched alkanes of at least 4 members (excludes halogenated alkanes) is 1. The van der Waals surface area contributed by atoms with Gasteiger partial charge >= 0.3 is 27.3 Å². The number of rotatable bonds is 11. The first-order valence-corrected chi connectivity index (χ1v) is 9.87. The van der Waals surface area contributed by atoms with Gasteiger partial charge in [-0.05, 0) is 45.4 Å². The van der Waals surface area contributed by atoms with E-state index in [0.717, 1.165) is 25.7 Å². The first-order chi connectivity index (χ1) is 12.2. The van der Waals surface area contributed by atoms with Crippen molar-refractivity contribution in [1.29, 1.82) is 0 Å². The molecule has 0 atom stereocenters. The first-order valence-electron chi connectivity index (χ1n) is 8.43. The third kappa shape index (κ3) is 6.42. The van der Waals surface area contributed by atoms with Crippen LogP contribution < -0.4 is 0 Å². The van der Waals surface area contributed by atoms with Crippen molar-refractivity contribution in [2.24, 2.45) is 0 Å². The second-order valence-corrected chi connectivity index (χ2v) is 8.32. The number of esters is 1. The second kappa shape index (κ2) is 8.87. The summed E-state index contributed by atoms with van der Waals surface area (Å²) in [4.78, 5) is 11.9. The molecule has 0 aromatic carbocycles. The normalized spacial score (nSPS) is 17.7. The van der Waals surface area contributed by atoms with Crippen molar-refractivity contribution < 1.29 is 44.8 Å². The topological polar surface area (TPSA) is 89.9 Å². The van der Waals surface area contributed by atoms with Gasteiger partial charge < -0.3 is 9.47 Å². The third-order valence-corrected chi connectivity index (χ3v) is 5.29. The van der Waals surface area contributed by atoms with E-state index in [4.69, 9.17) is 14.0 Å². The van der Waals surface area contributed by atoms with E-state index in [1.807, 2.05) is 6.92 Å². The van der Waals surface area contributed by atoms with Gasteiger partial charge in [0.1, 0.15) is 5.60 Å². The molecule has 1 aliphatic carbocycles. The minimum Gasteiger partial charge on any atom is -0.456 e. The highest BCUT2D eigenvalue weighted by atomic mass is 32.2. The molecule has 11 heteroatoms. The van der Waals surface area contributed by atoms with Crippen LogP contribution in [-0.4, -0.2) is 48.9 Å². The molecule has 0 aromatic rings. The Hall–Kier alpha value is -1.20. The van der Waals surface area contributed by atoms with Gasteiger partial charge in [0.25, 0.3) is 0 Å². The third-order valence-electron chi connectivity index (χ3n) is 4.34. The Morgan fingerprint density at radius 3 is 2.26 bits per heavy atom. The summed E-state index contributed by atoms with van der Waals surface area (Å²) in [6.45, 7) is 5.03. The van der Waals surface area contributed by atoms with Crippen LogP contribution in [0.15, 0.2) is 12.2 Å². The highest BCUT2D eigenvalue weighted by Crippen LogP contribution is 2.41. The van der Waals surface area contributed by atoms with Crippen molar-refractivity contribution in [1.82, 2.24) is 0 Å². The molecule has 0 amide bonds. The zero-order chi connectivity index (χ0) is 20.9. The summed E-state index contributed by atoms with van der Waals surface area (Å²) < 4.78 is 91.9. The quantitative estimate of drug-likeness (QED) is 0.180. The van der Waals surface area contributed by atoms with E-state index >= 15 is 0 Å². The number of ether oxygens (including phenoxy) is 2. The van der Waals surface area contributed by atoms with Gasteiger partial charge in [-0.25, -0.2) is 4.79 Å². The highest BCUT2D eigenvalue weighted by molar-refractivity contribution is 7.87. The summed E-state index contributed by atoms with van der Waals surface area (Å²) in [6.07, 6.45) is 1.43. The van der Waals surface area contributed by atoms with Crippen molar-refractivity contribution in [3.63, 3.8) is 0 Å². The minimum atomic E-state index is -6.22. The summed E-state index contributed by atoms with van der Waals surface area (Å²) in [5, 5.41) is -5.56. The maximum atomic E-state index is 13.3. The van der Waals surface area contributed by atoms with Crippen LogP contribution in [-0.2, 0) is 24.4 Å². The molecule has 0 aliphatic heterocycles. The molecule has 1 fully saturated rings. The number of hydrogen-bond acceptors (Lipinski definition) is 5. The van der Waals surface area contributed by atoms with E-state index in [1.165, 1.54) is 0 Å². The van der Waals surface area contributed by atoms with Gasteiger partial charge in [-0.2, -0.15) is 26.0 Å². The Morgan fingerprint density at radius 2 is 1.74 bits per heavy atom. The lowest BCUT2D eigenvalue weighted by atomic mass is 10.1. The van der Waals surface area contributed by atoms with Gasteiger partial charge in [-0.3, -0.25) is 4.55 Å². The number of hydrogen-bond donors (Lipinski definition) is 1. The molecule has 27 heavy (non-hydrogen) atoms. The molecule has 0 spiro atoms. The van der Waals surface area contributed by atoms with E-state index < -0.39 is 45.7 Å². The SMILES string of the molecule is C=C(COCCCCC(F)(F)C(F)(F)S(=O)(=O)O)C(=O)OC1(C)CCCC1. The Morgan fingerprint density at radius 1 is 1.19 bits per heavy atom. The van der Waals surface area contributed by atoms with E-state index in [-0.39, 0.29) is 25.2 Å². The fraction of sp³-hybridized carbons (Fsp3) is 0.812.